The van der Waals surface area contributed by atoms with Crippen LogP contribution in [0.15, 0.2) is 54.6 Å². The van der Waals surface area contributed by atoms with Crippen molar-refractivity contribution in [3.05, 3.63) is 92.8 Å². The fourth-order valence-electron chi connectivity index (χ4n) is 4.74. The van der Waals surface area contributed by atoms with Crippen LogP contribution < -0.4 is 15.4 Å². The Morgan fingerprint density at radius 3 is 2.56 bits per heavy atom. The lowest BCUT2D eigenvalue weighted by molar-refractivity contribution is -0.385. The van der Waals surface area contributed by atoms with Crippen LogP contribution in [0.4, 0.5) is 16.2 Å². The van der Waals surface area contributed by atoms with Gasteiger partial charge in [-0.05, 0) is 57.9 Å². The number of nitro groups is 1. The predicted molar refractivity (Wildman–Crippen MR) is 148 cm³/mol. The van der Waals surface area contributed by atoms with Crippen LogP contribution in [0.1, 0.15) is 58.6 Å². The second kappa shape index (κ2) is 12.4. The second-order valence-corrected chi connectivity index (χ2v) is 9.56. The quantitative estimate of drug-likeness (QED) is 0.298. The van der Waals surface area contributed by atoms with Gasteiger partial charge in [-0.1, -0.05) is 24.3 Å². The minimum absolute atomic E-state index is 0.0193. The topological polar surface area (TPSA) is 127 Å². The number of likely N-dealkylation sites (tertiary alicyclic amines) is 1. The highest BCUT2D eigenvalue weighted by Gasteiger charge is 2.28. The predicted octanol–water partition coefficient (Wildman–Crippen LogP) is 5.35. The van der Waals surface area contributed by atoms with Crippen molar-refractivity contribution in [1.29, 1.82) is 0 Å². The number of carbonyl (C=O) groups is 2. The van der Waals surface area contributed by atoms with E-state index < -0.39 is 4.92 Å². The number of nitro benzene ring substituents is 1. The van der Waals surface area contributed by atoms with E-state index in [0.29, 0.717) is 55.9 Å². The van der Waals surface area contributed by atoms with Gasteiger partial charge in [0.25, 0.3) is 11.6 Å². The molecule has 10 nitrogen and oxygen atoms in total. The van der Waals surface area contributed by atoms with Crippen LogP contribution >= 0.6 is 0 Å². The van der Waals surface area contributed by atoms with Crippen molar-refractivity contribution >= 4 is 23.3 Å². The maximum Gasteiger partial charge on any atom is 0.321 e. The number of ether oxygens (including phenoxy) is 1. The molecule has 1 saturated heterocycles. The molecule has 1 aliphatic rings. The smallest absolute Gasteiger partial charge is 0.321 e. The van der Waals surface area contributed by atoms with Gasteiger partial charge in [0.1, 0.15) is 5.75 Å². The van der Waals surface area contributed by atoms with E-state index in [1.807, 2.05) is 50.2 Å². The molecule has 2 heterocycles. The zero-order chi connectivity index (χ0) is 27.9. The third-order valence-electron chi connectivity index (χ3n) is 6.85. The summed E-state index contributed by atoms with van der Waals surface area (Å²) in [5.74, 6) is 0.559. The molecule has 3 aromatic rings. The first-order chi connectivity index (χ1) is 18.8. The average molecular weight is 532 g/mol. The van der Waals surface area contributed by atoms with Gasteiger partial charge < -0.3 is 20.3 Å². The van der Waals surface area contributed by atoms with Gasteiger partial charge >= 0.3 is 6.03 Å². The lowest BCUT2D eigenvalue weighted by atomic mass is 9.90. The molecule has 0 spiro atoms. The molecule has 1 aliphatic heterocycles. The Morgan fingerprint density at radius 1 is 1.10 bits per heavy atom. The summed E-state index contributed by atoms with van der Waals surface area (Å²) in [4.78, 5) is 43.3. The number of piperidine rings is 1. The van der Waals surface area contributed by atoms with E-state index >= 15 is 0 Å². The van der Waals surface area contributed by atoms with Gasteiger partial charge in [0.2, 0.25) is 0 Å². The molecule has 0 saturated carbocycles. The van der Waals surface area contributed by atoms with Crippen LogP contribution in [-0.2, 0) is 6.54 Å². The first-order valence-electron chi connectivity index (χ1n) is 13.0. The summed E-state index contributed by atoms with van der Waals surface area (Å²) in [6.07, 6.45) is 1.29. The highest BCUT2D eigenvalue weighted by atomic mass is 16.6. The van der Waals surface area contributed by atoms with Crippen molar-refractivity contribution in [2.75, 3.05) is 25.0 Å². The number of para-hydroxylation sites is 1. The minimum Gasteiger partial charge on any atom is -0.494 e. The largest absolute Gasteiger partial charge is 0.494 e. The van der Waals surface area contributed by atoms with Crippen molar-refractivity contribution in [1.82, 2.24) is 15.2 Å². The van der Waals surface area contributed by atoms with Gasteiger partial charge in [0, 0.05) is 54.1 Å². The number of nitrogens with zero attached hydrogens (tertiary/aromatic N) is 3. The molecule has 2 aromatic carbocycles. The molecule has 0 radical (unpaired) electrons. The van der Waals surface area contributed by atoms with E-state index in [-0.39, 0.29) is 23.5 Å². The molecular formula is C29H33N5O5. The van der Waals surface area contributed by atoms with Gasteiger partial charge in [-0.15, -0.1) is 0 Å². The highest BCUT2D eigenvalue weighted by molar-refractivity contribution is 5.95. The first-order valence-corrected chi connectivity index (χ1v) is 13.0. The van der Waals surface area contributed by atoms with Crippen molar-refractivity contribution in [3.63, 3.8) is 0 Å². The summed E-state index contributed by atoms with van der Waals surface area (Å²) in [6.45, 7) is 7.29. The summed E-state index contributed by atoms with van der Waals surface area (Å²) in [5.41, 5.74) is 3.86. The lowest BCUT2D eigenvalue weighted by Crippen LogP contribution is -2.41. The monoisotopic (exact) mass is 531 g/mol. The number of anilines is 1. The van der Waals surface area contributed by atoms with Gasteiger partial charge in [-0.25, -0.2) is 4.79 Å². The molecule has 10 heteroatoms. The van der Waals surface area contributed by atoms with E-state index in [2.05, 4.69) is 10.6 Å². The van der Waals surface area contributed by atoms with Crippen molar-refractivity contribution in [2.45, 2.75) is 46.1 Å². The minimum atomic E-state index is -0.461. The number of aryl methyl sites for hydroxylation is 2. The molecular weight excluding hydrogens is 498 g/mol. The van der Waals surface area contributed by atoms with Crippen molar-refractivity contribution in [2.24, 2.45) is 0 Å². The Labute approximate surface area is 227 Å². The molecule has 3 amide bonds. The number of hydrogen-bond donors (Lipinski definition) is 2. The molecule has 39 heavy (non-hydrogen) atoms. The van der Waals surface area contributed by atoms with Crippen LogP contribution in [-0.4, -0.2) is 46.4 Å². The number of aromatic nitrogens is 1. The van der Waals surface area contributed by atoms with Crippen molar-refractivity contribution in [3.8, 4) is 5.75 Å². The molecule has 0 aliphatic carbocycles. The van der Waals surface area contributed by atoms with Crippen LogP contribution in [0, 0.1) is 24.0 Å². The lowest BCUT2D eigenvalue weighted by Gasteiger charge is -2.32. The Hall–Kier alpha value is -4.47. The number of rotatable bonds is 8. The highest BCUT2D eigenvalue weighted by Crippen LogP contribution is 2.30. The molecule has 1 aromatic heterocycles. The van der Waals surface area contributed by atoms with Crippen LogP contribution in [0.5, 0.6) is 5.75 Å². The number of benzene rings is 2. The standard InChI is InChI=1S/C29H33N5O5/c1-4-39-26-8-6-5-7-22(26)18-30-28(35)24-12-10-20(3)31-27(24)21-13-15-33(16-14-21)29(36)32-23-11-9-19(2)25(17-23)34(37)38/h5-12,17,21H,4,13-16,18H2,1-3H3,(H,30,35)(H,32,36). The van der Waals surface area contributed by atoms with Crippen LogP contribution in [0.2, 0.25) is 0 Å². The molecule has 0 bridgehead atoms. The molecule has 204 valence electrons. The zero-order valence-electron chi connectivity index (χ0n) is 22.4. The number of urea groups is 1. The Balaban J connectivity index is 1.40. The summed E-state index contributed by atoms with van der Waals surface area (Å²) < 4.78 is 5.67. The first kappa shape index (κ1) is 27.6. The number of amides is 3. The normalized spacial score (nSPS) is 13.6. The Kier molecular flexibility index (Phi) is 8.75. The molecule has 0 atom stereocenters. The van der Waals surface area contributed by atoms with Crippen LogP contribution in [0.25, 0.3) is 0 Å². The van der Waals surface area contributed by atoms with E-state index in [9.17, 15) is 19.7 Å². The number of carbonyl (C=O) groups excluding carboxylic acids is 2. The van der Waals surface area contributed by atoms with E-state index in [1.54, 1.807) is 24.0 Å². The maximum atomic E-state index is 13.2. The van der Waals surface area contributed by atoms with Crippen molar-refractivity contribution < 1.29 is 19.2 Å². The number of nitrogens with one attached hydrogen (secondary N) is 2. The van der Waals surface area contributed by atoms with Gasteiger partial charge in [0.15, 0.2) is 0 Å². The fourth-order valence-corrected chi connectivity index (χ4v) is 4.74. The molecule has 1 fully saturated rings. The van der Waals surface area contributed by atoms with E-state index in [0.717, 1.165) is 22.7 Å². The Bertz CT molecular complexity index is 1370. The number of pyridine rings is 1. The summed E-state index contributed by atoms with van der Waals surface area (Å²) in [5, 5.41) is 17.0. The second-order valence-electron chi connectivity index (χ2n) is 9.56. The van der Waals surface area contributed by atoms with Gasteiger partial charge in [-0.2, -0.15) is 0 Å². The fraction of sp³-hybridized carbons (Fsp3) is 0.345. The average Bonchev–Trinajstić information content (AvgIpc) is 2.93. The summed E-state index contributed by atoms with van der Waals surface area (Å²) in [6, 6.07) is 15.6. The zero-order valence-corrected chi connectivity index (χ0v) is 22.4. The maximum absolute atomic E-state index is 13.2. The summed E-state index contributed by atoms with van der Waals surface area (Å²) >= 11 is 0. The summed E-state index contributed by atoms with van der Waals surface area (Å²) in [7, 11) is 0. The van der Waals surface area contributed by atoms with Gasteiger partial charge in [0.05, 0.1) is 22.8 Å². The molecule has 4 rings (SSSR count). The molecule has 2 N–H and O–H groups in total. The number of hydrogen-bond acceptors (Lipinski definition) is 6. The van der Waals surface area contributed by atoms with Crippen LogP contribution in [0.3, 0.4) is 0 Å². The molecule has 0 unspecified atom stereocenters. The third-order valence-corrected chi connectivity index (χ3v) is 6.85. The Morgan fingerprint density at radius 2 is 1.85 bits per heavy atom. The van der Waals surface area contributed by atoms with Gasteiger partial charge in [-0.3, -0.25) is 19.9 Å². The SMILES string of the molecule is CCOc1ccccc1CNC(=O)c1ccc(C)nc1C1CCN(C(=O)Nc2ccc(C)c([N+](=O)[O-])c2)CC1. The van der Waals surface area contributed by atoms with E-state index in [4.69, 9.17) is 9.72 Å². The third kappa shape index (κ3) is 6.70. The van der Waals surface area contributed by atoms with E-state index in [1.165, 1.54) is 6.07 Å².